The Morgan fingerprint density at radius 2 is 0.938 bits per heavy atom. The van der Waals surface area contributed by atoms with Crippen LogP contribution in [0.3, 0.4) is 0 Å². The van der Waals surface area contributed by atoms with Crippen LogP contribution in [-0.2, 0) is 0 Å². The lowest BCUT2D eigenvalue weighted by molar-refractivity contribution is -0.414. The van der Waals surface area contributed by atoms with Gasteiger partial charge in [0, 0.05) is 39.5 Å². The highest BCUT2D eigenvalue weighted by atomic mass is 127. The van der Waals surface area contributed by atoms with Crippen molar-refractivity contribution in [3.63, 3.8) is 0 Å². The van der Waals surface area contributed by atoms with Crippen molar-refractivity contribution in [2.45, 2.75) is 95.3 Å². The molecule has 0 aliphatic carbocycles. The van der Waals surface area contributed by atoms with Gasteiger partial charge >= 0.3 is 33.5 Å². The van der Waals surface area contributed by atoms with Crippen molar-refractivity contribution in [1.29, 1.82) is 0 Å². The average Bonchev–Trinajstić information content (AvgIpc) is 2.61. The SMILES string of the molecule is OCCCCCCCCCC(I)CC(F)(F)C(F)(F)C(F)(F)C(F)(F)C(F)(F)C(F)(F)I. The Labute approximate surface area is 204 Å². The molecule has 0 amide bonds. The van der Waals surface area contributed by atoms with Gasteiger partial charge in [-0.05, 0) is 12.8 Å². The molecule has 0 aliphatic heterocycles. The van der Waals surface area contributed by atoms with E-state index in [-0.39, 0.29) is 19.4 Å². The number of unbranched alkanes of at least 4 members (excludes halogenated alkanes) is 6. The van der Waals surface area contributed by atoms with Crippen molar-refractivity contribution < 1.29 is 57.8 Å². The van der Waals surface area contributed by atoms with E-state index in [1.165, 1.54) is 22.6 Å². The summed E-state index contributed by atoms with van der Waals surface area (Å²) in [5.41, 5.74) is 0. The normalized spacial score (nSPS) is 15.8. The third kappa shape index (κ3) is 7.29. The summed E-state index contributed by atoms with van der Waals surface area (Å²) in [4.78, 5) is 0. The van der Waals surface area contributed by atoms with Gasteiger partial charge in [-0.25, -0.2) is 0 Å². The highest BCUT2D eigenvalue weighted by Gasteiger charge is 2.89. The van der Waals surface area contributed by atoms with Gasteiger partial charge in [0.05, 0.1) is 0 Å². The molecule has 0 heterocycles. The first-order chi connectivity index (χ1) is 14.2. The van der Waals surface area contributed by atoms with E-state index in [2.05, 4.69) is 0 Å². The van der Waals surface area contributed by atoms with Gasteiger partial charge in [0.1, 0.15) is 0 Å². The van der Waals surface area contributed by atoms with Crippen LogP contribution in [0.1, 0.15) is 57.8 Å². The molecule has 0 aliphatic rings. The van der Waals surface area contributed by atoms with E-state index in [9.17, 15) is 52.7 Å². The van der Waals surface area contributed by atoms with Crippen molar-refractivity contribution >= 4 is 45.2 Å². The van der Waals surface area contributed by atoms with Crippen molar-refractivity contribution in [3.05, 3.63) is 0 Å². The van der Waals surface area contributed by atoms with E-state index in [4.69, 9.17) is 5.11 Å². The molecule has 0 aromatic carbocycles. The Bertz CT molecular complexity index is 566. The van der Waals surface area contributed by atoms with E-state index in [1.54, 1.807) is 0 Å². The molecule has 0 spiro atoms. The molecule has 0 saturated carbocycles. The lowest BCUT2D eigenvalue weighted by Crippen LogP contribution is -2.70. The standard InChI is InChI=1S/C17H22F12I2O/c18-12(19,10-11(30)8-6-4-2-1-3-5-7-9-32)13(20,21)14(22,23)15(24,25)16(26,27)17(28,29)31/h11,32H,1-10H2. The molecule has 0 aromatic rings. The predicted molar refractivity (Wildman–Crippen MR) is 110 cm³/mol. The van der Waals surface area contributed by atoms with Crippen LogP contribution in [0.25, 0.3) is 0 Å². The molecule has 15 heteroatoms. The van der Waals surface area contributed by atoms with Gasteiger partial charge in [-0.3, -0.25) is 0 Å². The molecule has 0 radical (unpaired) electrons. The molecule has 1 unspecified atom stereocenters. The Morgan fingerprint density at radius 1 is 0.562 bits per heavy atom. The summed E-state index contributed by atoms with van der Waals surface area (Å²) in [5.74, 6) is -34.9. The first kappa shape index (κ1) is 32.6. The van der Waals surface area contributed by atoms with Gasteiger partial charge in [0.2, 0.25) is 0 Å². The van der Waals surface area contributed by atoms with Crippen molar-refractivity contribution in [1.82, 2.24) is 0 Å². The number of rotatable bonds is 16. The molecule has 1 nitrogen and oxygen atoms in total. The van der Waals surface area contributed by atoms with Crippen LogP contribution in [0.2, 0.25) is 0 Å². The summed E-state index contributed by atoms with van der Waals surface area (Å²) in [6, 6.07) is 0. The minimum absolute atomic E-state index is 0.0402. The van der Waals surface area contributed by atoms with Crippen LogP contribution in [0, 0.1) is 0 Å². The zero-order chi connectivity index (χ0) is 25.6. The van der Waals surface area contributed by atoms with Crippen LogP contribution in [0.15, 0.2) is 0 Å². The first-order valence-electron chi connectivity index (χ1n) is 9.41. The number of alkyl halides is 14. The number of aliphatic hydroxyl groups is 1. The highest BCUT2D eigenvalue weighted by Crippen LogP contribution is 2.61. The molecular weight excluding hydrogens is 702 g/mol. The van der Waals surface area contributed by atoms with Gasteiger partial charge in [-0.15, -0.1) is 0 Å². The Morgan fingerprint density at radius 3 is 1.34 bits per heavy atom. The number of halogens is 14. The van der Waals surface area contributed by atoms with E-state index in [0.29, 0.717) is 19.3 Å². The molecule has 0 bridgehead atoms. The van der Waals surface area contributed by atoms with Crippen molar-refractivity contribution in [2.24, 2.45) is 0 Å². The maximum atomic E-state index is 13.9. The summed E-state index contributed by atoms with van der Waals surface area (Å²) in [7, 11) is 0. The molecule has 0 rings (SSSR count). The quantitative estimate of drug-likeness (QED) is 0.0734. The Balaban J connectivity index is 5.15. The summed E-state index contributed by atoms with van der Waals surface area (Å²) in [6.07, 6.45) is 2.05. The van der Waals surface area contributed by atoms with E-state index >= 15 is 0 Å². The van der Waals surface area contributed by atoms with Gasteiger partial charge in [0.15, 0.2) is 0 Å². The van der Waals surface area contributed by atoms with E-state index < -0.39 is 66.5 Å². The van der Waals surface area contributed by atoms with Gasteiger partial charge in [-0.2, -0.15) is 52.7 Å². The van der Waals surface area contributed by atoms with Gasteiger partial charge in [-0.1, -0.05) is 61.1 Å². The van der Waals surface area contributed by atoms with E-state index in [1.807, 2.05) is 0 Å². The van der Waals surface area contributed by atoms with Gasteiger partial charge in [0.25, 0.3) is 0 Å². The first-order valence-corrected chi connectivity index (χ1v) is 11.7. The Kier molecular flexibility index (Phi) is 12.2. The fraction of sp³-hybridized carbons (Fsp3) is 1.00. The maximum absolute atomic E-state index is 13.9. The lowest BCUT2D eigenvalue weighted by atomic mass is 9.91. The second kappa shape index (κ2) is 12.0. The molecule has 1 atom stereocenters. The van der Waals surface area contributed by atoms with Crippen molar-refractivity contribution in [3.8, 4) is 0 Å². The smallest absolute Gasteiger partial charge is 0.387 e. The molecule has 194 valence electrons. The molecule has 0 aromatic heterocycles. The second-order valence-electron chi connectivity index (χ2n) is 7.29. The Hall–Kier alpha value is 0.580. The second-order valence-corrected chi connectivity index (χ2v) is 10.4. The lowest BCUT2D eigenvalue weighted by Gasteiger charge is -2.40. The van der Waals surface area contributed by atoms with Crippen LogP contribution < -0.4 is 0 Å². The molecule has 0 saturated heterocycles. The zero-order valence-electron chi connectivity index (χ0n) is 16.4. The van der Waals surface area contributed by atoms with Gasteiger partial charge < -0.3 is 5.11 Å². The fourth-order valence-electron chi connectivity index (χ4n) is 2.67. The number of hydrogen-bond acceptors (Lipinski definition) is 1. The highest BCUT2D eigenvalue weighted by molar-refractivity contribution is 14.1. The zero-order valence-corrected chi connectivity index (χ0v) is 20.7. The molecule has 1 N–H and O–H groups in total. The third-order valence-electron chi connectivity index (χ3n) is 4.65. The minimum Gasteiger partial charge on any atom is -0.396 e. The van der Waals surface area contributed by atoms with Crippen LogP contribution in [0.5, 0.6) is 0 Å². The molecular formula is C17H22F12I2O. The summed E-state index contributed by atoms with van der Waals surface area (Å²) >= 11 is 0.565. The summed E-state index contributed by atoms with van der Waals surface area (Å²) < 4.78 is 154. The minimum atomic E-state index is -7.48. The molecule has 0 fully saturated rings. The van der Waals surface area contributed by atoms with Crippen LogP contribution >= 0.6 is 45.2 Å². The van der Waals surface area contributed by atoms with Crippen molar-refractivity contribution in [2.75, 3.05) is 6.61 Å². The van der Waals surface area contributed by atoms with Crippen LogP contribution in [-0.4, -0.2) is 49.2 Å². The third-order valence-corrected chi connectivity index (χ3v) is 6.39. The largest absolute Gasteiger partial charge is 0.396 e. The molecule has 32 heavy (non-hydrogen) atoms. The number of aliphatic hydroxyl groups excluding tert-OH is 1. The maximum Gasteiger partial charge on any atom is 0.387 e. The monoisotopic (exact) mass is 724 g/mol. The van der Waals surface area contributed by atoms with Crippen LogP contribution in [0.4, 0.5) is 52.7 Å². The summed E-state index contributed by atoms with van der Waals surface area (Å²) in [5, 5.41) is 8.61. The number of hydrogen-bond donors (Lipinski definition) is 1. The topological polar surface area (TPSA) is 20.2 Å². The average molecular weight is 724 g/mol. The fourth-order valence-corrected chi connectivity index (χ4v) is 4.00. The summed E-state index contributed by atoms with van der Waals surface area (Å²) in [6.45, 7) is 0.0402. The predicted octanol–water partition coefficient (Wildman–Crippen LogP) is 8.50. The van der Waals surface area contributed by atoms with E-state index in [0.717, 1.165) is 19.3 Å².